The van der Waals surface area contributed by atoms with Crippen molar-refractivity contribution < 1.29 is 53.1 Å². The van der Waals surface area contributed by atoms with Crippen LogP contribution in [-0.2, 0) is 38.6 Å². The highest BCUT2D eigenvalue weighted by Crippen LogP contribution is 2.44. The first-order valence-corrected chi connectivity index (χ1v) is 17.4. The lowest BCUT2D eigenvalue weighted by molar-refractivity contribution is -0.0743. The van der Waals surface area contributed by atoms with Crippen LogP contribution in [0.4, 0.5) is 0 Å². The van der Waals surface area contributed by atoms with Crippen LogP contribution in [0.5, 0.6) is 11.5 Å². The Balaban J connectivity index is 1.05. The van der Waals surface area contributed by atoms with Gasteiger partial charge in [-0.2, -0.15) is 0 Å². The number of cyclic esters (lactones) is 2. The molecule has 0 bridgehead atoms. The van der Waals surface area contributed by atoms with E-state index in [1.165, 1.54) is 12.1 Å². The van der Waals surface area contributed by atoms with Gasteiger partial charge in [0, 0.05) is 29.5 Å². The molecule has 5 aromatic carbocycles. The molecule has 2 heterocycles. The molecule has 2 atom stereocenters. The molecule has 0 saturated carbocycles. The van der Waals surface area contributed by atoms with E-state index in [0.29, 0.717) is 16.9 Å². The second kappa shape index (κ2) is 15.4. The van der Waals surface area contributed by atoms with Crippen molar-refractivity contribution >= 4 is 23.7 Å². The number of Topliss-reactive ketones (excluding diaryl/α,β-unsaturated/α-hetero) is 1. The Hall–Kier alpha value is -6.30. The van der Waals surface area contributed by atoms with Crippen molar-refractivity contribution in [1.29, 1.82) is 0 Å². The molecular weight excluding hydrogens is 692 g/mol. The van der Waals surface area contributed by atoms with Crippen molar-refractivity contribution in [2.24, 2.45) is 0 Å². The molecular formula is C43H36O11. The number of hydrogen-bond donors (Lipinski definition) is 2. The minimum absolute atomic E-state index is 0.0403. The number of esters is 3. The zero-order chi connectivity index (χ0) is 37.7. The Kier molecular flexibility index (Phi) is 10.3. The summed E-state index contributed by atoms with van der Waals surface area (Å²) in [6, 6.07) is 34.7. The van der Waals surface area contributed by atoms with Crippen LogP contribution in [0.1, 0.15) is 76.5 Å². The monoisotopic (exact) mass is 728 g/mol. The average Bonchev–Trinajstić information content (AvgIpc) is 3.68. The third-order valence-corrected chi connectivity index (χ3v) is 9.64. The zero-order valence-corrected chi connectivity index (χ0v) is 29.1. The molecule has 11 heteroatoms. The normalized spacial score (nSPS) is 18.3. The van der Waals surface area contributed by atoms with Crippen molar-refractivity contribution in [1.82, 2.24) is 0 Å². The van der Waals surface area contributed by atoms with E-state index in [1.807, 2.05) is 60.7 Å². The highest BCUT2D eigenvalue weighted by Gasteiger charge is 2.49. The van der Waals surface area contributed by atoms with Crippen LogP contribution < -0.4 is 9.47 Å². The highest BCUT2D eigenvalue weighted by molar-refractivity contribution is 6.06. The Bertz CT molecular complexity index is 2040. The first kappa shape index (κ1) is 36.1. The van der Waals surface area contributed by atoms with Gasteiger partial charge in [0.05, 0.1) is 18.8 Å². The molecule has 0 spiro atoms. The lowest BCUT2D eigenvalue weighted by Crippen LogP contribution is -2.37. The van der Waals surface area contributed by atoms with E-state index in [1.54, 1.807) is 48.5 Å². The van der Waals surface area contributed by atoms with E-state index in [0.717, 1.165) is 11.1 Å². The number of carbonyl (C=O) groups is 4. The van der Waals surface area contributed by atoms with E-state index in [9.17, 15) is 29.4 Å². The Morgan fingerprint density at radius 2 is 1.06 bits per heavy atom. The van der Waals surface area contributed by atoms with Gasteiger partial charge >= 0.3 is 17.9 Å². The van der Waals surface area contributed by atoms with Gasteiger partial charge < -0.3 is 33.9 Å². The lowest BCUT2D eigenvalue weighted by atomic mass is 9.86. The summed E-state index contributed by atoms with van der Waals surface area (Å²) < 4.78 is 28.9. The van der Waals surface area contributed by atoms with Crippen LogP contribution in [-0.4, -0.2) is 53.7 Å². The molecule has 0 amide bonds. The van der Waals surface area contributed by atoms with Gasteiger partial charge in [-0.15, -0.1) is 0 Å². The van der Waals surface area contributed by atoms with Gasteiger partial charge in [0.15, 0.2) is 17.0 Å². The molecule has 274 valence electrons. The second-order valence-corrected chi connectivity index (χ2v) is 13.0. The summed E-state index contributed by atoms with van der Waals surface area (Å²) in [5.41, 5.74) is -0.450. The maximum atomic E-state index is 13.7. The molecule has 11 nitrogen and oxygen atoms in total. The van der Waals surface area contributed by atoms with Crippen molar-refractivity contribution in [3.05, 3.63) is 166 Å². The van der Waals surface area contributed by atoms with Gasteiger partial charge in [-0.05, 0) is 29.3 Å². The number of benzene rings is 5. The van der Waals surface area contributed by atoms with Crippen molar-refractivity contribution in [3.63, 3.8) is 0 Å². The average molecular weight is 729 g/mol. The summed E-state index contributed by atoms with van der Waals surface area (Å²) >= 11 is 0. The molecule has 0 unspecified atom stereocenters. The van der Waals surface area contributed by atoms with E-state index < -0.39 is 54.7 Å². The van der Waals surface area contributed by atoms with Crippen LogP contribution in [0.2, 0.25) is 0 Å². The molecule has 5 aromatic rings. The Morgan fingerprint density at radius 3 is 1.59 bits per heavy atom. The summed E-state index contributed by atoms with van der Waals surface area (Å²) in [7, 11) is 0. The van der Waals surface area contributed by atoms with Crippen molar-refractivity contribution in [2.45, 2.75) is 37.3 Å². The van der Waals surface area contributed by atoms with Crippen LogP contribution >= 0.6 is 0 Å². The summed E-state index contributed by atoms with van der Waals surface area (Å²) in [5, 5.41) is 21.0. The van der Waals surface area contributed by atoms with Gasteiger partial charge in [-0.3, -0.25) is 4.79 Å². The highest BCUT2D eigenvalue weighted by atomic mass is 16.6. The molecule has 54 heavy (non-hydrogen) atoms. The number of ether oxygens (including phenoxy) is 5. The molecule has 0 aliphatic carbocycles. The first-order chi connectivity index (χ1) is 26.3. The third kappa shape index (κ3) is 6.94. The van der Waals surface area contributed by atoms with Gasteiger partial charge in [0.2, 0.25) is 0 Å². The molecule has 0 aromatic heterocycles. The first-order valence-electron chi connectivity index (χ1n) is 17.4. The fraction of sp³-hybridized carbons (Fsp3) is 0.209. The fourth-order valence-corrected chi connectivity index (χ4v) is 6.79. The minimum atomic E-state index is -1.70. The van der Waals surface area contributed by atoms with Crippen molar-refractivity contribution in [2.75, 3.05) is 19.8 Å². The predicted octanol–water partition coefficient (Wildman–Crippen LogP) is 6.08. The Morgan fingerprint density at radius 1 is 0.574 bits per heavy atom. The molecule has 2 aliphatic heterocycles. The van der Waals surface area contributed by atoms with Crippen LogP contribution in [0.15, 0.2) is 121 Å². The standard InChI is InChI=1S/C43H36O11/c44-25-42(32-17-9-19-35(37(32)40(48)53-42)50-23-28-11-3-1-4-12-28)22-21-34(46)30-15-7-8-16-31(30)39(47)52-27-43(26-45)33-18-10-20-36(38(33)41(49)54-43)51-24-29-13-5-2-6-14-29/h1-20,44-45H,21-27H2/t42-,43+/m0/s1. The van der Waals surface area contributed by atoms with Crippen LogP contribution in [0.25, 0.3) is 0 Å². The maximum Gasteiger partial charge on any atom is 0.343 e. The van der Waals surface area contributed by atoms with E-state index in [4.69, 9.17) is 23.7 Å². The second-order valence-electron chi connectivity index (χ2n) is 13.0. The lowest BCUT2D eigenvalue weighted by Gasteiger charge is -2.27. The number of aliphatic hydroxyl groups is 2. The van der Waals surface area contributed by atoms with E-state index in [-0.39, 0.29) is 54.1 Å². The summed E-state index contributed by atoms with van der Waals surface area (Å²) in [5.74, 6) is -2.22. The number of carbonyl (C=O) groups excluding carboxylic acids is 4. The van der Waals surface area contributed by atoms with Gasteiger partial charge in [-0.25, -0.2) is 14.4 Å². The maximum absolute atomic E-state index is 13.7. The summed E-state index contributed by atoms with van der Waals surface area (Å²) in [6.45, 7) is -1.42. The number of ketones is 1. The molecule has 0 fully saturated rings. The van der Waals surface area contributed by atoms with Gasteiger partial charge in [0.1, 0.15) is 42.4 Å². The van der Waals surface area contributed by atoms with Crippen LogP contribution in [0.3, 0.4) is 0 Å². The van der Waals surface area contributed by atoms with E-state index in [2.05, 4.69) is 0 Å². The SMILES string of the molecule is O=C(CC[C@@]1(CO)OC(=O)c2c(OCc3ccccc3)cccc21)c1ccccc1C(=O)OC[C@@]1(CO)OC(=O)c2c(OCc3ccccc3)cccc21. The topological polar surface area (TPSA) is 155 Å². The number of aliphatic hydroxyl groups excluding tert-OH is 2. The quantitative estimate of drug-likeness (QED) is 0.0732. The summed E-state index contributed by atoms with van der Waals surface area (Å²) in [4.78, 5) is 53.5. The number of hydrogen-bond acceptors (Lipinski definition) is 11. The fourth-order valence-electron chi connectivity index (χ4n) is 6.79. The zero-order valence-electron chi connectivity index (χ0n) is 29.1. The number of rotatable bonds is 15. The summed E-state index contributed by atoms with van der Waals surface area (Å²) in [6.07, 6.45) is -0.286. The molecule has 0 radical (unpaired) electrons. The van der Waals surface area contributed by atoms with E-state index >= 15 is 0 Å². The van der Waals surface area contributed by atoms with Crippen molar-refractivity contribution in [3.8, 4) is 11.5 Å². The molecule has 0 saturated heterocycles. The minimum Gasteiger partial charge on any atom is -0.488 e. The smallest absolute Gasteiger partial charge is 0.343 e. The molecule has 2 N–H and O–H groups in total. The van der Waals surface area contributed by atoms with Gasteiger partial charge in [-0.1, -0.05) is 103 Å². The largest absolute Gasteiger partial charge is 0.488 e. The molecule has 7 rings (SSSR count). The third-order valence-electron chi connectivity index (χ3n) is 9.64. The van der Waals surface area contributed by atoms with Crippen LogP contribution in [0, 0.1) is 0 Å². The predicted molar refractivity (Wildman–Crippen MR) is 193 cm³/mol. The Labute approximate surface area is 310 Å². The number of fused-ring (bicyclic) bond motifs is 2. The van der Waals surface area contributed by atoms with Gasteiger partial charge in [0.25, 0.3) is 0 Å². The molecule has 2 aliphatic rings.